The van der Waals surface area contributed by atoms with Crippen molar-refractivity contribution in [3.63, 3.8) is 0 Å². The number of hydrogen-bond donors (Lipinski definition) is 2. The maximum atomic E-state index is 12.4. The summed E-state index contributed by atoms with van der Waals surface area (Å²) in [6.07, 6.45) is 0. The molecule has 5 nitrogen and oxygen atoms in total. The molecule has 2 aromatic carbocycles. The van der Waals surface area contributed by atoms with E-state index >= 15 is 0 Å². The molecule has 0 unspecified atom stereocenters. The highest BCUT2D eigenvalue weighted by Gasteiger charge is 2.19. The zero-order valence-electron chi connectivity index (χ0n) is 10.5. The van der Waals surface area contributed by atoms with Crippen LogP contribution < -0.4 is 10.5 Å². The lowest BCUT2D eigenvalue weighted by Crippen LogP contribution is -2.15. The van der Waals surface area contributed by atoms with Crippen LogP contribution in [0.4, 0.5) is 11.4 Å². The van der Waals surface area contributed by atoms with Crippen LogP contribution in [0.25, 0.3) is 0 Å². The zero-order valence-corrected chi connectivity index (χ0v) is 14.5. The van der Waals surface area contributed by atoms with Crippen molar-refractivity contribution < 1.29 is 8.42 Å². The molecule has 0 aliphatic carbocycles. The number of nitrogens with two attached hydrogens (primary N) is 1. The van der Waals surface area contributed by atoms with Crippen LogP contribution in [-0.4, -0.2) is 8.42 Å². The predicted molar refractivity (Wildman–Crippen MR) is 88.2 cm³/mol. The second-order valence-corrected chi connectivity index (χ2v) is 7.51. The molecule has 0 fully saturated rings. The van der Waals surface area contributed by atoms with E-state index in [0.717, 1.165) is 4.47 Å². The van der Waals surface area contributed by atoms with Gasteiger partial charge in [-0.1, -0.05) is 15.9 Å². The molecule has 0 bridgehead atoms. The van der Waals surface area contributed by atoms with Crippen LogP contribution in [0, 0.1) is 11.3 Å². The van der Waals surface area contributed by atoms with Crippen LogP contribution in [0.2, 0.25) is 0 Å². The Bertz CT molecular complexity index is 845. The van der Waals surface area contributed by atoms with E-state index in [1.165, 1.54) is 18.2 Å². The van der Waals surface area contributed by atoms with Crippen LogP contribution >= 0.6 is 31.9 Å². The van der Waals surface area contributed by atoms with E-state index in [9.17, 15) is 8.42 Å². The molecule has 0 aromatic heterocycles. The normalized spacial score (nSPS) is 10.9. The SMILES string of the molecule is N#Cc1ccc(S(=O)(=O)Nc2ccc(Br)cc2Br)c(N)c1. The summed E-state index contributed by atoms with van der Waals surface area (Å²) in [4.78, 5) is -0.0729. The number of benzene rings is 2. The first-order valence-corrected chi connectivity index (χ1v) is 8.68. The smallest absolute Gasteiger partial charge is 0.263 e. The topological polar surface area (TPSA) is 96.0 Å². The van der Waals surface area contributed by atoms with Gasteiger partial charge in [-0.2, -0.15) is 5.26 Å². The maximum absolute atomic E-state index is 12.4. The number of nitrogens with one attached hydrogen (secondary N) is 1. The molecule has 0 radical (unpaired) electrons. The van der Waals surface area contributed by atoms with Crippen molar-refractivity contribution in [3.05, 3.63) is 50.9 Å². The minimum Gasteiger partial charge on any atom is -0.398 e. The van der Waals surface area contributed by atoms with Crippen molar-refractivity contribution in [1.29, 1.82) is 5.26 Å². The number of hydrogen-bond acceptors (Lipinski definition) is 4. The second-order valence-electron chi connectivity index (χ2n) is 4.09. The van der Waals surface area contributed by atoms with Gasteiger partial charge in [-0.3, -0.25) is 4.72 Å². The molecule has 0 aliphatic rings. The fourth-order valence-corrected chi connectivity index (χ4v) is 4.11. The Labute approximate surface area is 139 Å². The molecule has 2 rings (SSSR count). The second kappa shape index (κ2) is 6.05. The molecule has 21 heavy (non-hydrogen) atoms. The highest BCUT2D eigenvalue weighted by molar-refractivity contribution is 9.11. The molecule has 0 saturated carbocycles. The van der Waals surface area contributed by atoms with E-state index in [1.807, 2.05) is 6.07 Å². The largest absolute Gasteiger partial charge is 0.398 e. The average Bonchev–Trinajstić information content (AvgIpc) is 2.41. The molecule has 8 heteroatoms. The van der Waals surface area contributed by atoms with E-state index in [4.69, 9.17) is 11.0 Å². The Kier molecular flexibility index (Phi) is 4.56. The summed E-state index contributed by atoms with van der Waals surface area (Å²) in [5, 5.41) is 8.77. The van der Waals surface area contributed by atoms with Crippen LogP contribution in [0.3, 0.4) is 0 Å². The third-order valence-corrected chi connectivity index (χ3v) is 5.19. The number of nitriles is 1. The Hall–Kier alpha value is -1.56. The Morgan fingerprint density at radius 3 is 2.43 bits per heavy atom. The highest BCUT2D eigenvalue weighted by atomic mass is 79.9. The van der Waals surface area contributed by atoms with Crippen molar-refractivity contribution >= 4 is 53.3 Å². The molecular formula is C13H9Br2N3O2S. The fourth-order valence-electron chi connectivity index (χ4n) is 1.63. The first-order chi connectivity index (χ1) is 9.83. The van der Waals surface area contributed by atoms with Gasteiger partial charge < -0.3 is 5.73 Å². The molecule has 0 aliphatic heterocycles. The summed E-state index contributed by atoms with van der Waals surface area (Å²) in [5.74, 6) is 0. The van der Waals surface area contributed by atoms with E-state index in [-0.39, 0.29) is 10.6 Å². The summed E-state index contributed by atoms with van der Waals surface area (Å²) in [5.41, 5.74) is 6.43. The first kappa shape index (κ1) is 15.8. The van der Waals surface area contributed by atoms with E-state index in [0.29, 0.717) is 15.7 Å². The van der Waals surface area contributed by atoms with E-state index in [2.05, 4.69) is 36.6 Å². The molecule has 0 saturated heterocycles. The summed E-state index contributed by atoms with van der Waals surface area (Å²) >= 11 is 6.57. The lowest BCUT2D eigenvalue weighted by molar-refractivity contribution is 0.601. The highest BCUT2D eigenvalue weighted by Crippen LogP contribution is 2.29. The van der Waals surface area contributed by atoms with Crippen LogP contribution in [0.5, 0.6) is 0 Å². The molecule has 0 spiro atoms. The van der Waals surface area contributed by atoms with Crippen LogP contribution in [0.1, 0.15) is 5.56 Å². The van der Waals surface area contributed by atoms with E-state index < -0.39 is 10.0 Å². The molecule has 0 atom stereocenters. The molecular weight excluding hydrogens is 422 g/mol. The van der Waals surface area contributed by atoms with Gasteiger partial charge in [-0.25, -0.2) is 8.42 Å². The van der Waals surface area contributed by atoms with Crippen molar-refractivity contribution in [3.8, 4) is 6.07 Å². The van der Waals surface area contributed by atoms with Gasteiger partial charge in [0.1, 0.15) is 4.90 Å². The monoisotopic (exact) mass is 429 g/mol. The van der Waals surface area contributed by atoms with Crippen molar-refractivity contribution in [2.75, 3.05) is 10.5 Å². The Morgan fingerprint density at radius 1 is 1.14 bits per heavy atom. The molecule has 3 N–H and O–H groups in total. The predicted octanol–water partition coefficient (Wildman–Crippen LogP) is 3.47. The molecule has 0 heterocycles. The minimum absolute atomic E-state index is 0.0229. The Morgan fingerprint density at radius 2 is 1.86 bits per heavy atom. The minimum atomic E-state index is -3.83. The Balaban J connectivity index is 2.41. The number of halogens is 2. The van der Waals surface area contributed by atoms with Crippen molar-refractivity contribution in [1.82, 2.24) is 0 Å². The zero-order chi connectivity index (χ0) is 15.6. The van der Waals surface area contributed by atoms with Gasteiger partial charge in [-0.15, -0.1) is 0 Å². The number of sulfonamides is 1. The molecule has 0 amide bonds. The summed E-state index contributed by atoms with van der Waals surface area (Å²) in [7, 11) is -3.83. The summed E-state index contributed by atoms with van der Waals surface area (Å²) in [6.45, 7) is 0. The van der Waals surface area contributed by atoms with Crippen molar-refractivity contribution in [2.45, 2.75) is 4.90 Å². The van der Waals surface area contributed by atoms with Gasteiger partial charge in [0.05, 0.1) is 23.0 Å². The van der Waals surface area contributed by atoms with Crippen molar-refractivity contribution in [2.24, 2.45) is 0 Å². The number of nitrogens with zero attached hydrogens (tertiary/aromatic N) is 1. The standard InChI is InChI=1S/C13H9Br2N3O2S/c14-9-2-3-12(10(15)6-9)18-21(19,20)13-4-1-8(7-16)5-11(13)17/h1-6,18H,17H2. The third kappa shape index (κ3) is 3.56. The fraction of sp³-hybridized carbons (Fsp3) is 0. The summed E-state index contributed by atoms with van der Waals surface area (Å²) < 4.78 is 28.6. The third-order valence-electron chi connectivity index (χ3n) is 2.60. The maximum Gasteiger partial charge on any atom is 0.263 e. The van der Waals surface area contributed by atoms with Gasteiger partial charge in [0.15, 0.2) is 0 Å². The lowest BCUT2D eigenvalue weighted by Gasteiger charge is -2.11. The summed E-state index contributed by atoms with van der Waals surface area (Å²) in [6, 6.07) is 11.0. The van der Waals surface area contributed by atoms with Gasteiger partial charge in [-0.05, 0) is 52.3 Å². The molecule has 2 aromatic rings. The van der Waals surface area contributed by atoms with E-state index in [1.54, 1.807) is 18.2 Å². The number of rotatable bonds is 3. The number of nitrogen functional groups attached to an aromatic ring is 1. The van der Waals surface area contributed by atoms with Crippen LogP contribution in [0.15, 0.2) is 50.2 Å². The lowest BCUT2D eigenvalue weighted by atomic mass is 10.2. The average molecular weight is 431 g/mol. The van der Waals surface area contributed by atoms with Gasteiger partial charge in [0.25, 0.3) is 10.0 Å². The van der Waals surface area contributed by atoms with Gasteiger partial charge in [0, 0.05) is 8.95 Å². The number of anilines is 2. The van der Waals surface area contributed by atoms with Crippen LogP contribution in [-0.2, 0) is 10.0 Å². The quantitative estimate of drug-likeness (QED) is 0.728. The molecule has 108 valence electrons. The first-order valence-electron chi connectivity index (χ1n) is 5.61. The van der Waals surface area contributed by atoms with Gasteiger partial charge in [0.2, 0.25) is 0 Å². The van der Waals surface area contributed by atoms with Gasteiger partial charge >= 0.3 is 0 Å².